The molecule has 0 unspecified atom stereocenters. The number of ether oxygens (including phenoxy) is 1. The molecule has 0 bridgehead atoms. The molecular formula is C24H23ClF4N2O3. The highest BCUT2D eigenvalue weighted by molar-refractivity contribution is 6.30. The second-order valence-corrected chi connectivity index (χ2v) is 8.91. The number of rotatable bonds is 6. The molecule has 5 nitrogen and oxygen atoms in total. The molecule has 1 aromatic heterocycles. The van der Waals surface area contributed by atoms with E-state index in [1.54, 1.807) is 30.3 Å². The zero-order valence-corrected chi connectivity index (χ0v) is 19.4. The number of nitrogens with zero attached hydrogens (tertiary/aromatic N) is 2. The standard InChI is InChI=1S/C24H23ClF4N2O3/c1-23(2,33)14-30(3)22(32)34-21-18(17-10-9-16(25)11-19(17)26)12-20(24(27,28)29)31(21)13-15-7-5-4-6-8-15/h4-12,33H,13-14H2,1-3H3. The van der Waals surface area contributed by atoms with E-state index >= 15 is 0 Å². The van der Waals surface area contributed by atoms with Crippen molar-refractivity contribution in [1.29, 1.82) is 0 Å². The monoisotopic (exact) mass is 498 g/mol. The van der Waals surface area contributed by atoms with E-state index in [4.69, 9.17) is 16.3 Å². The second kappa shape index (κ2) is 9.68. The molecule has 1 N–H and O–H groups in total. The second-order valence-electron chi connectivity index (χ2n) is 8.48. The highest BCUT2D eigenvalue weighted by Gasteiger charge is 2.38. The Morgan fingerprint density at radius 1 is 1.09 bits per heavy atom. The van der Waals surface area contributed by atoms with E-state index in [2.05, 4.69) is 0 Å². The van der Waals surface area contributed by atoms with Gasteiger partial charge in [0.05, 0.1) is 18.7 Å². The lowest BCUT2D eigenvalue weighted by molar-refractivity contribution is -0.143. The lowest BCUT2D eigenvalue weighted by Crippen LogP contribution is -2.41. The normalized spacial score (nSPS) is 12.0. The predicted molar refractivity (Wildman–Crippen MR) is 120 cm³/mol. The summed E-state index contributed by atoms with van der Waals surface area (Å²) in [7, 11) is 1.33. The Hall–Kier alpha value is -3.04. The lowest BCUT2D eigenvalue weighted by atomic mass is 10.1. The molecule has 0 aliphatic rings. The molecule has 3 aromatic rings. The van der Waals surface area contributed by atoms with E-state index in [-0.39, 0.29) is 29.2 Å². The van der Waals surface area contributed by atoms with Gasteiger partial charge >= 0.3 is 12.3 Å². The fourth-order valence-corrected chi connectivity index (χ4v) is 3.66. The molecule has 3 rings (SSSR count). The summed E-state index contributed by atoms with van der Waals surface area (Å²) < 4.78 is 63.0. The van der Waals surface area contributed by atoms with Crippen LogP contribution in [-0.2, 0) is 12.7 Å². The molecule has 0 aliphatic carbocycles. The molecule has 10 heteroatoms. The van der Waals surface area contributed by atoms with Gasteiger partial charge in [0.2, 0.25) is 5.88 Å². The largest absolute Gasteiger partial charge is 0.431 e. The number of aliphatic hydroxyl groups is 1. The van der Waals surface area contributed by atoms with Crippen LogP contribution in [0.3, 0.4) is 0 Å². The zero-order valence-electron chi connectivity index (χ0n) is 18.7. The van der Waals surface area contributed by atoms with Crippen LogP contribution < -0.4 is 4.74 Å². The van der Waals surface area contributed by atoms with Crippen LogP contribution in [-0.4, -0.2) is 39.9 Å². The van der Waals surface area contributed by atoms with Crippen LogP contribution in [0.2, 0.25) is 5.02 Å². The fourth-order valence-electron chi connectivity index (χ4n) is 3.51. The molecule has 34 heavy (non-hydrogen) atoms. The topological polar surface area (TPSA) is 54.7 Å². The van der Waals surface area contributed by atoms with Crippen molar-refractivity contribution in [2.45, 2.75) is 32.2 Å². The maximum atomic E-state index is 14.7. The summed E-state index contributed by atoms with van der Waals surface area (Å²) >= 11 is 5.81. The van der Waals surface area contributed by atoms with Gasteiger partial charge in [-0.3, -0.25) is 0 Å². The smallest absolute Gasteiger partial charge is 0.392 e. The van der Waals surface area contributed by atoms with Crippen LogP contribution in [0, 0.1) is 5.82 Å². The van der Waals surface area contributed by atoms with E-state index in [0.717, 1.165) is 21.6 Å². The van der Waals surface area contributed by atoms with Crippen molar-refractivity contribution in [3.05, 3.63) is 76.7 Å². The number of hydrogen-bond acceptors (Lipinski definition) is 3. The Kier molecular flexibility index (Phi) is 7.28. The Bertz CT molecular complexity index is 1170. The van der Waals surface area contributed by atoms with E-state index in [1.165, 1.54) is 33.0 Å². The number of amides is 1. The minimum absolute atomic E-state index is 0.0597. The first-order valence-electron chi connectivity index (χ1n) is 10.2. The summed E-state index contributed by atoms with van der Waals surface area (Å²) in [6, 6.07) is 12.5. The van der Waals surface area contributed by atoms with Crippen molar-refractivity contribution in [2.24, 2.45) is 0 Å². The zero-order chi connectivity index (χ0) is 25.3. The highest BCUT2D eigenvalue weighted by Crippen LogP contribution is 2.42. The molecule has 0 saturated heterocycles. The van der Waals surface area contributed by atoms with Crippen molar-refractivity contribution < 1.29 is 32.2 Å². The van der Waals surface area contributed by atoms with Crippen LogP contribution in [0.15, 0.2) is 54.6 Å². The first-order chi connectivity index (χ1) is 15.8. The van der Waals surface area contributed by atoms with Gasteiger partial charge in [-0.2, -0.15) is 13.2 Å². The van der Waals surface area contributed by atoms with Crippen LogP contribution in [0.4, 0.5) is 22.4 Å². The SMILES string of the molecule is CN(CC(C)(C)O)C(=O)Oc1c(-c2ccc(Cl)cc2F)cc(C(F)(F)F)n1Cc1ccccc1. The van der Waals surface area contributed by atoms with Gasteiger partial charge in [0, 0.05) is 23.2 Å². The van der Waals surface area contributed by atoms with Gasteiger partial charge in [0.25, 0.3) is 0 Å². The highest BCUT2D eigenvalue weighted by atomic mass is 35.5. The minimum Gasteiger partial charge on any atom is -0.392 e. The van der Waals surface area contributed by atoms with Gasteiger partial charge in [-0.15, -0.1) is 0 Å². The van der Waals surface area contributed by atoms with Crippen LogP contribution in [0.25, 0.3) is 11.1 Å². The molecular weight excluding hydrogens is 476 g/mol. The molecule has 0 spiro atoms. The van der Waals surface area contributed by atoms with Gasteiger partial charge in [0.15, 0.2) is 0 Å². The third-order valence-corrected chi connectivity index (χ3v) is 5.10. The molecule has 0 atom stereocenters. The average molecular weight is 499 g/mol. The number of aromatic nitrogens is 1. The number of halogens is 5. The Balaban J connectivity index is 2.19. The predicted octanol–water partition coefficient (Wildman–Crippen LogP) is 6.22. The molecule has 1 amide bonds. The van der Waals surface area contributed by atoms with Crippen molar-refractivity contribution in [2.75, 3.05) is 13.6 Å². The lowest BCUT2D eigenvalue weighted by Gasteiger charge is -2.25. The van der Waals surface area contributed by atoms with Crippen LogP contribution in [0.1, 0.15) is 25.1 Å². The molecule has 182 valence electrons. The maximum absolute atomic E-state index is 14.7. The first-order valence-corrected chi connectivity index (χ1v) is 10.6. The van der Waals surface area contributed by atoms with Crippen LogP contribution >= 0.6 is 11.6 Å². The van der Waals surface area contributed by atoms with Gasteiger partial charge < -0.3 is 19.3 Å². The van der Waals surface area contributed by atoms with Crippen molar-refractivity contribution >= 4 is 17.7 Å². The Labute approximate surface area is 199 Å². The quantitative estimate of drug-likeness (QED) is 0.411. The molecule has 1 heterocycles. The number of carbonyl (C=O) groups is 1. The minimum atomic E-state index is -4.82. The van der Waals surface area contributed by atoms with Gasteiger partial charge in [-0.05, 0) is 43.7 Å². The molecule has 0 aliphatic heterocycles. The average Bonchev–Trinajstić information content (AvgIpc) is 3.05. The molecule has 0 radical (unpaired) electrons. The van der Waals surface area contributed by atoms with E-state index < -0.39 is 35.3 Å². The maximum Gasteiger partial charge on any atom is 0.431 e. The van der Waals surface area contributed by atoms with E-state index in [0.29, 0.717) is 5.56 Å². The third kappa shape index (κ3) is 6.09. The Morgan fingerprint density at radius 2 is 1.74 bits per heavy atom. The van der Waals surface area contributed by atoms with Crippen LogP contribution in [0.5, 0.6) is 5.88 Å². The van der Waals surface area contributed by atoms with Gasteiger partial charge in [0.1, 0.15) is 11.5 Å². The summed E-state index contributed by atoms with van der Waals surface area (Å²) in [4.78, 5) is 13.8. The van der Waals surface area contributed by atoms with Crippen molar-refractivity contribution in [3.63, 3.8) is 0 Å². The number of alkyl halides is 3. The van der Waals surface area contributed by atoms with Crippen molar-refractivity contribution in [3.8, 4) is 17.0 Å². The number of carbonyl (C=O) groups excluding carboxylic acids is 1. The molecule has 2 aromatic carbocycles. The van der Waals surface area contributed by atoms with Gasteiger partial charge in [-0.1, -0.05) is 41.9 Å². The van der Waals surface area contributed by atoms with Crippen molar-refractivity contribution in [1.82, 2.24) is 9.47 Å². The summed E-state index contributed by atoms with van der Waals surface area (Å²) in [5.74, 6) is -1.36. The first kappa shape index (κ1) is 25.6. The summed E-state index contributed by atoms with van der Waals surface area (Å²) in [6.07, 6.45) is -5.84. The molecule has 0 saturated carbocycles. The van der Waals surface area contributed by atoms with Gasteiger partial charge in [-0.25, -0.2) is 9.18 Å². The summed E-state index contributed by atoms with van der Waals surface area (Å²) in [5, 5.41) is 10.1. The van der Waals surface area contributed by atoms with E-state index in [1.807, 2.05) is 0 Å². The Morgan fingerprint density at radius 3 is 2.29 bits per heavy atom. The summed E-state index contributed by atoms with van der Waals surface area (Å²) in [5.41, 5.74) is -2.36. The van der Waals surface area contributed by atoms with E-state index in [9.17, 15) is 27.5 Å². The fraction of sp³-hybridized carbons (Fsp3) is 0.292. The molecule has 0 fully saturated rings. The summed E-state index contributed by atoms with van der Waals surface area (Å²) in [6.45, 7) is 2.49. The number of hydrogen-bond donors (Lipinski definition) is 1. The third-order valence-electron chi connectivity index (χ3n) is 4.86. The number of likely N-dealkylation sites (N-methyl/N-ethyl adjacent to an activating group) is 1. The number of benzene rings is 2.